The van der Waals surface area contributed by atoms with Crippen molar-refractivity contribution in [2.75, 3.05) is 5.73 Å². The van der Waals surface area contributed by atoms with Crippen LogP contribution in [0.3, 0.4) is 0 Å². The number of hydrogen-bond acceptors (Lipinski definition) is 2. The van der Waals surface area contributed by atoms with Gasteiger partial charge in [-0.3, -0.25) is 0 Å². The van der Waals surface area contributed by atoms with E-state index >= 15 is 0 Å². The van der Waals surface area contributed by atoms with Crippen molar-refractivity contribution in [3.63, 3.8) is 0 Å². The molecule has 0 spiro atoms. The van der Waals surface area contributed by atoms with Crippen molar-refractivity contribution < 1.29 is 4.74 Å². The predicted molar refractivity (Wildman–Crippen MR) is 69.3 cm³/mol. The van der Waals surface area contributed by atoms with Gasteiger partial charge in [-0.25, -0.2) is 0 Å². The molecule has 0 aliphatic heterocycles. The summed E-state index contributed by atoms with van der Waals surface area (Å²) in [5, 5.41) is 0. The SMILES string of the molecule is Nc1ccccc1OCc1cccc(Br)c1. The first-order valence-corrected chi connectivity index (χ1v) is 5.77. The molecule has 16 heavy (non-hydrogen) atoms. The van der Waals surface area contributed by atoms with E-state index in [2.05, 4.69) is 15.9 Å². The Balaban J connectivity index is 2.05. The largest absolute Gasteiger partial charge is 0.487 e. The maximum absolute atomic E-state index is 5.78. The van der Waals surface area contributed by atoms with Gasteiger partial charge in [0.1, 0.15) is 12.4 Å². The van der Waals surface area contributed by atoms with Crippen LogP contribution in [0.1, 0.15) is 5.56 Å². The predicted octanol–water partition coefficient (Wildman–Crippen LogP) is 3.61. The first-order chi connectivity index (χ1) is 7.75. The zero-order chi connectivity index (χ0) is 11.4. The minimum Gasteiger partial charge on any atom is -0.487 e. The minimum absolute atomic E-state index is 0.521. The third kappa shape index (κ3) is 2.76. The quantitative estimate of drug-likeness (QED) is 0.870. The molecular formula is C13H12BrNO. The van der Waals surface area contributed by atoms with Crippen molar-refractivity contribution >= 4 is 21.6 Å². The molecule has 0 radical (unpaired) electrons. The lowest BCUT2D eigenvalue weighted by Gasteiger charge is -2.08. The fourth-order valence-electron chi connectivity index (χ4n) is 1.40. The van der Waals surface area contributed by atoms with E-state index in [1.165, 1.54) is 0 Å². The minimum atomic E-state index is 0.521. The summed E-state index contributed by atoms with van der Waals surface area (Å²) >= 11 is 3.42. The zero-order valence-electron chi connectivity index (χ0n) is 8.69. The van der Waals surface area contributed by atoms with Crippen LogP contribution in [-0.4, -0.2) is 0 Å². The van der Waals surface area contributed by atoms with Crippen LogP contribution >= 0.6 is 15.9 Å². The van der Waals surface area contributed by atoms with Gasteiger partial charge in [0.15, 0.2) is 0 Å². The molecule has 3 heteroatoms. The second-order valence-corrected chi connectivity index (χ2v) is 4.37. The standard InChI is InChI=1S/C13H12BrNO/c14-11-5-3-4-10(8-11)9-16-13-7-2-1-6-12(13)15/h1-8H,9,15H2. The highest BCUT2D eigenvalue weighted by atomic mass is 79.9. The van der Waals surface area contributed by atoms with Crippen molar-refractivity contribution in [1.82, 2.24) is 0 Å². The number of para-hydroxylation sites is 2. The number of anilines is 1. The van der Waals surface area contributed by atoms with E-state index in [0.717, 1.165) is 15.8 Å². The van der Waals surface area contributed by atoms with Gasteiger partial charge < -0.3 is 10.5 Å². The van der Waals surface area contributed by atoms with Crippen molar-refractivity contribution in [3.8, 4) is 5.75 Å². The van der Waals surface area contributed by atoms with Crippen LogP contribution in [0.2, 0.25) is 0 Å². The van der Waals surface area contributed by atoms with Gasteiger partial charge in [-0.1, -0.05) is 40.2 Å². The number of hydrogen-bond donors (Lipinski definition) is 1. The van der Waals surface area contributed by atoms with Gasteiger partial charge in [0, 0.05) is 4.47 Å². The molecule has 0 saturated carbocycles. The summed E-state index contributed by atoms with van der Waals surface area (Å²) < 4.78 is 6.68. The second-order valence-electron chi connectivity index (χ2n) is 3.46. The molecule has 0 atom stereocenters. The molecule has 2 N–H and O–H groups in total. The van der Waals surface area contributed by atoms with Crippen LogP contribution in [0, 0.1) is 0 Å². The fourth-order valence-corrected chi connectivity index (χ4v) is 1.85. The second kappa shape index (κ2) is 5.03. The summed E-state index contributed by atoms with van der Waals surface area (Å²) in [7, 11) is 0. The van der Waals surface area contributed by atoms with Gasteiger partial charge in [-0.05, 0) is 29.8 Å². The Hall–Kier alpha value is -1.48. The smallest absolute Gasteiger partial charge is 0.142 e. The van der Waals surface area contributed by atoms with E-state index < -0.39 is 0 Å². The molecule has 0 aliphatic rings. The van der Waals surface area contributed by atoms with E-state index in [9.17, 15) is 0 Å². The zero-order valence-corrected chi connectivity index (χ0v) is 10.3. The Morgan fingerprint density at radius 2 is 1.88 bits per heavy atom. The molecule has 2 aromatic carbocycles. The van der Waals surface area contributed by atoms with Crippen molar-refractivity contribution in [2.24, 2.45) is 0 Å². The summed E-state index contributed by atoms with van der Waals surface area (Å²) in [6.45, 7) is 0.521. The molecule has 0 unspecified atom stereocenters. The number of benzene rings is 2. The Bertz CT molecular complexity index is 485. The lowest BCUT2D eigenvalue weighted by molar-refractivity contribution is 0.308. The molecule has 0 amide bonds. The van der Waals surface area contributed by atoms with Crippen molar-refractivity contribution in [1.29, 1.82) is 0 Å². The molecule has 2 rings (SSSR count). The average Bonchev–Trinajstić information content (AvgIpc) is 2.28. The number of nitrogen functional groups attached to an aromatic ring is 1. The fraction of sp³-hybridized carbons (Fsp3) is 0.0769. The Labute approximate surface area is 103 Å². The van der Waals surface area contributed by atoms with Crippen LogP contribution in [-0.2, 0) is 6.61 Å². The summed E-state index contributed by atoms with van der Waals surface area (Å²) in [6.07, 6.45) is 0. The number of ether oxygens (including phenoxy) is 1. The van der Waals surface area contributed by atoms with Crippen LogP contribution < -0.4 is 10.5 Å². The van der Waals surface area contributed by atoms with E-state index in [-0.39, 0.29) is 0 Å². The molecular weight excluding hydrogens is 266 g/mol. The van der Waals surface area contributed by atoms with Crippen LogP contribution in [0.4, 0.5) is 5.69 Å². The molecule has 2 nitrogen and oxygen atoms in total. The molecule has 0 aliphatic carbocycles. The topological polar surface area (TPSA) is 35.2 Å². The van der Waals surface area contributed by atoms with E-state index in [4.69, 9.17) is 10.5 Å². The summed E-state index contributed by atoms with van der Waals surface area (Å²) in [6, 6.07) is 15.5. The molecule has 0 heterocycles. The Morgan fingerprint density at radius 3 is 2.62 bits per heavy atom. The molecule has 0 fully saturated rings. The molecule has 0 saturated heterocycles. The summed E-state index contributed by atoms with van der Waals surface area (Å²) in [4.78, 5) is 0. The maximum atomic E-state index is 5.78. The lowest BCUT2D eigenvalue weighted by atomic mass is 10.2. The molecule has 2 aromatic rings. The Morgan fingerprint density at radius 1 is 1.06 bits per heavy atom. The number of rotatable bonds is 3. The van der Waals surface area contributed by atoms with Gasteiger partial charge in [0.2, 0.25) is 0 Å². The van der Waals surface area contributed by atoms with Crippen molar-refractivity contribution in [2.45, 2.75) is 6.61 Å². The highest BCUT2D eigenvalue weighted by Crippen LogP contribution is 2.21. The summed E-state index contributed by atoms with van der Waals surface area (Å²) in [5.41, 5.74) is 7.55. The monoisotopic (exact) mass is 277 g/mol. The third-order valence-corrected chi connectivity index (χ3v) is 2.70. The van der Waals surface area contributed by atoms with Gasteiger partial charge in [0.25, 0.3) is 0 Å². The molecule has 0 aromatic heterocycles. The van der Waals surface area contributed by atoms with Crippen LogP contribution in [0.25, 0.3) is 0 Å². The molecule has 0 bridgehead atoms. The normalized spacial score (nSPS) is 10.1. The number of halogens is 1. The third-order valence-electron chi connectivity index (χ3n) is 2.20. The lowest BCUT2D eigenvalue weighted by Crippen LogP contribution is -1.98. The van der Waals surface area contributed by atoms with Crippen LogP contribution in [0.15, 0.2) is 53.0 Å². The van der Waals surface area contributed by atoms with Gasteiger partial charge in [-0.2, -0.15) is 0 Å². The van der Waals surface area contributed by atoms with E-state index in [1.807, 2.05) is 48.5 Å². The molecule has 82 valence electrons. The Kier molecular flexibility index (Phi) is 3.47. The number of nitrogens with two attached hydrogens (primary N) is 1. The maximum Gasteiger partial charge on any atom is 0.142 e. The van der Waals surface area contributed by atoms with Gasteiger partial charge in [0.05, 0.1) is 5.69 Å². The van der Waals surface area contributed by atoms with Crippen molar-refractivity contribution in [3.05, 3.63) is 58.6 Å². The highest BCUT2D eigenvalue weighted by Gasteiger charge is 1.99. The van der Waals surface area contributed by atoms with Crippen LogP contribution in [0.5, 0.6) is 5.75 Å². The van der Waals surface area contributed by atoms with Gasteiger partial charge >= 0.3 is 0 Å². The van der Waals surface area contributed by atoms with E-state index in [1.54, 1.807) is 0 Å². The van der Waals surface area contributed by atoms with E-state index in [0.29, 0.717) is 12.3 Å². The first-order valence-electron chi connectivity index (χ1n) is 4.97. The highest BCUT2D eigenvalue weighted by molar-refractivity contribution is 9.10. The van der Waals surface area contributed by atoms with Gasteiger partial charge in [-0.15, -0.1) is 0 Å². The first kappa shape index (κ1) is 11.0. The average molecular weight is 278 g/mol. The summed E-state index contributed by atoms with van der Waals surface area (Å²) in [5.74, 6) is 0.725.